The van der Waals surface area contributed by atoms with Crippen LogP contribution in [0.5, 0.6) is 23.0 Å². The van der Waals surface area contributed by atoms with E-state index in [-0.39, 0.29) is 18.8 Å². The first-order valence-electron chi connectivity index (χ1n) is 14.9. The van der Waals surface area contributed by atoms with Crippen molar-refractivity contribution in [1.82, 2.24) is 4.57 Å². The van der Waals surface area contributed by atoms with E-state index in [0.29, 0.717) is 67.0 Å². The molecule has 0 aliphatic carbocycles. The van der Waals surface area contributed by atoms with E-state index in [9.17, 15) is 14.4 Å². The normalized spacial score (nSPS) is 14.1. The highest BCUT2D eigenvalue weighted by Gasteiger charge is 2.34. The number of aromatic nitrogens is 1. The topological polar surface area (TPSA) is 127 Å². The van der Waals surface area contributed by atoms with Gasteiger partial charge in [-0.05, 0) is 68.8 Å². The highest BCUT2D eigenvalue weighted by molar-refractivity contribution is 7.07. The predicted octanol–water partition coefficient (Wildman–Crippen LogP) is 4.23. The number of fused-ring (bicyclic) bond motifs is 1. The molecule has 4 aromatic rings. The Bertz CT molecular complexity index is 2000. The summed E-state index contributed by atoms with van der Waals surface area (Å²) in [5, 5.41) is 2.95. The summed E-state index contributed by atoms with van der Waals surface area (Å²) in [5.74, 6) is 0.909. The van der Waals surface area contributed by atoms with Crippen molar-refractivity contribution in [3.63, 3.8) is 0 Å². The third-order valence-corrected chi connectivity index (χ3v) is 8.23. The molecule has 11 nitrogen and oxygen atoms in total. The van der Waals surface area contributed by atoms with E-state index in [2.05, 4.69) is 5.32 Å². The van der Waals surface area contributed by atoms with Crippen LogP contribution in [0.25, 0.3) is 6.08 Å². The maximum absolute atomic E-state index is 14.2. The number of anilines is 1. The fourth-order valence-corrected chi connectivity index (χ4v) is 6.21. The van der Waals surface area contributed by atoms with Gasteiger partial charge in [-0.15, -0.1) is 0 Å². The molecule has 244 valence electrons. The van der Waals surface area contributed by atoms with Crippen LogP contribution in [0.1, 0.15) is 37.9 Å². The molecule has 0 bridgehead atoms. The van der Waals surface area contributed by atoms with Crippen molar-refractivity contribution >= 4 is 35.0 Å². The minimum Gasteiger partial charge on any atom is -0.497 e. The van der Waals surface area contributed by atoms with Crippen molar-refractivity contribution in [2.45, 2.75) is 26.8 Å². The average Bonchev–Trinajstić information content (AvgIpc) is 3.37. The van der Waals surface area contributed by atoms with Gasteiger partial charge in [0, 0.05) is 17.3 Å². The van der Waals surface area contributed by atoms with E-state index in [1.807, 2.05) is 25.1 Å². The molecule has 0 fully saturated rings. The molecule has 2 heterocycles. The average molecular weight is 658 g/mol. The molecule has 3 aromatic carbocycles. The minimum absolute atomic E-state index is 0.251. The summed E-state index contributed by atoms with van der Waals surface area (Å²) in [6.07, 6.45) is 1.73. The lowest BCUT2D eigenvalue weighted by atomic mass is 9.94. The molecule has 1 atom stereocenters. The number of benzene rings is 3. The first-order chi connectivity index (χ1) is 22.8. The number of carbonyl (C=O) groups excluding carboxylic acids is 2. The predicted molar refractivity (Wildman–Crippen MR) is 178 cm³/mol. The minimum atomic E-state index is -0.851. The monoisotopic (exact) mass is 657 g/mol. The van der Waals surface area contributed by atoms with E-state index in [1.54, 1.807) is 75.6 Å². The smallest absolute Gasteiger partial charge is 0.344 e. The van der Waals surface area contributed by atoms with Gasteiger partial charge in [0.25, 0.3) is 11.5 Å². The van der Waals surface area contributed by atoms with Gasteiger partial charge in [-0.3, -0.25) is 14.2 Å². The molecule has 1 aliphatic rings. The fraction of sp³-hybridized carbons (Fsp3) is 0.257. The zero-order valence-electron chi connectivity index (χ0n) is 26.7. The number of nitrogens with zero attached hydrogens (tertiary/aromatic N) is 2. The number of methoxy groups -OCH3 is 2. The molecule has 1 amide bonds. The second-order valence-electron chi connectivity index (χ2n) is 10.2. The van der Waals surface area contributed by atoms with Gasteiger partial charge >= 0.3 is 5.97 Å². The van der Waals surface area contributed by atoms with E-state index in [1.165, 1.54) is 23.0 Å². The standard InChI is InChI=1S/C35H35N3O8S/c1-6-44-28-17-22(13-16-26(28)46-20-30(39)45-7-2)18-29-34(41)38-32(25-15-14-24(42-4)19-27(25)43-5)31(21(3)36-35(38)47-29)33(40)37-23-11-9-8-10-12-23/h8-19,32H,6-7,20H2,1-5H3,(H,37,40)/b29-18-/t32-/m1/s1. The molecule has 0 radical (unpaired) electrons. The molecule has 1 N–H and O–H groups in total. The first kappa shape index (κ1) is 33.0. The summed E-state index contributed by atoms with van der Waals surface area (Å²) in [6, 6.07) is 18.7. The van der Waals surface area contributed by atoms with E-state index in [4.69, 9.17) is 28.7 Å². The van der Waals surface area contributed by atoms with Crippen LogP contribution >= 0.6 is 11.3 Å². The number of rotatable bonds is 12. The Hall–Kier alpha value is -5.36. The van der Waals surface area contributed by atoms with Crippen molar-refractivity contribution in [3.05, 3.63) is 109 Å². The summed E-state index contributed by atoms with van der Waals surface area (Å²) in [5.41, 5.74) is 2.30. The zero-order chi connectivity index (χ0) is 33.5. The van der Waals surface area contributed by atoms with Gasteiger partial charge in [0.15, 0.2) is 22.9 Å². The first-order valence-corrected chi connectivity index (χ1v) is 15.8. The molecule has 1 aromatic heterocycles. The molecule has 0 spiro atoms. The van der Waals surface area contributed by atoms with E-state index >= 15 is 0 Å². The maximum atomic E-state index is 14.2. The van der Waals surface area contributed by atoms with Gasteiger partial charge in [-0.2, -0.15) is 0 Å². The SMILES string of the molecule is CCOC(=O)COc1ccc(/C=c2\sc3n(c2=O)[C@H](c2ccc(OC)cc2OC)C(C(=O)Nc2ccccc2)=C(C)N=3)cc1OCC. The van der Waals surface area contributed by atoms with Crippen LogP contribution in [-0.4, -0.2) is 50.5 Å². The van der Waals surface area contributed by atoms with Crippen LogP contribution in [-0.2, 0) is 14.3 Å². The Balaban J connectivity index is 1.61. The van der Waals surface area contributed by atoms with Crippen LogP contribution in [0.4, 0.5) is 5.69 Å². The molecule has 0 unspecified atom stereocenters. The molecule has 0 saturated carbocycles. The van der Waals surface area contributed by atoms with Crippen molar-refractivity contribution in [3.8, 4) is 23.0 Å². The lowest BCUT2D eigenvalue weighted by molar-refractivity contribution is -0.145. The number of hydrogen-bond acceptors (Lipinski definition) is 10. The Kier molecular flexibility index (Phi) is 10.4. The highest BCUT2D eigenvalue weighted by atomic mass is 32.1. The second-order valence-corrected chi connectivity index (χ2v) is 11.3. The van der Waals surface area contributed by atoms with Crippen LogP contribution < -0.4 is 39.2 Å². The number of thiazole rings is 1. The number of amides is 1. The van der Waals surface area contributed by atoms with Crippen LogP contribution in [0.15, 0.2) is 87.8 Å². The summed E-state index contributed by atoms with van der Waals surface area (Å²) in [6.45, 7) is 5.66. The Morgan fingerprint density at radius 3 is 2.43 bits per heavy atom. The number of para-hydroxylation sites is 1. The second kappa shape index (κ2) is 14.8. The molecular formula is C35H35N3O8S. The Morgan fingerprint density at radius 2 is 1.72 bits per heavy atom. The van der Waals surface area contributed by atoms with Crippen LogP contribution in [0.2, 0.25) is 0 Å². The summed E-state index contributed by atoms with van der Waals surface area (Å²) < 4.78 is 29.4. The van der Waals surface area contributed by atoms with Gasteiger partial charge in [-0.25, -0.2) is 9.79 Å². The number of carbonyl (C=O) groups is 2. The van der Waals surface area contributed by atoms with Crippen molar-refractivity contribution < 1.29 is 33.3 Å². The number of hydrogen-bond donors (Lipinski definition) is 1. The molecular weight excluding hydrogens is 622 g/mol. The van der Waals surface area contributed by atoms with Gasteiger partial charge in [-0.1, -0.05) is 35.6 Å². The van der Waals surface area contributed by atoms with Crippen molar-refractivity contribution in [2.75, 3.05) is 39.4 Å². The Labute approximate surface area is 275 Å². The number of esters is 1. The lowest BCUT2D eigenvalue weighted by Crippen LogP contribution is -2.40. The quantitative estimate of drug-likeness (QED) is 0.225. The number of nitrogens with one attached hydrogen (secondary N) is 1. The lowest BCUT2D eigenvalue weighted by Gasteiger charge is -2.26. The maximum Gasteiger partial charge on any atom is 0.344 e. The molecule has 1 aliphatic heterocycles. The third kappa shape index (κ3) is 7.23. The summed E-state index contributed by atoms with van der Waals surface area (Å²) >= 11 is 1.20. The van der Waals surface area contributed by atoms with Crippen molar-refractivity contribution in [2.24, 2.45) is 4.99 Å². The molecule has 5 rings (SSSR count). The van der Waals surface area contributed by atoms with Gasteiger partial charge < -0.3 is 29.0 Å². The molecule has 47 heavy (non-hydrogen) atoms. The van der Waals surface area contributed by atoms with Crippen LogP contribution in [0.3, 0.4) is 0 Å². The highest BCUT2D eigenvalue weighted by Crippen LogP contribution is 2.37. The Morgan fingerprint density at radius 1 is 0.936 bits per heavy atom. The summed E-state index contributed by atoms with van der Waals surface area (Å²) in [7, 11) is 3.08. The molecule has 0 saturated heterocycles. The van der Waals surface area contributed by atoms with Crippen molar-refractivity contribution in [1.29, 1.82) is 0 Å². The molecule has 12 heteroatoms. The van der Waals surface area contributed by atoms with Gasteiger partial charge in [0.05, 0.1) is 43.2 Å². The van der Waals surface area contributed by atoms with Gasteiger partial charge in [0.1, 0.15) is 17.5 Å². The number of ether oxygens (including phenoxy) is 5. The van der Waals surface area contributed by atoms with E-state index in [0.717, 1.165) is 0 Å². The van der Waals surface area contributed by atoms with E-state index < -0.39 is 17.9 Å². The van der Waals surface area contributed by atoms with Gasteiger partial charge in [0.2, 0.25) is 0 Å². The zero-order valence-corrected chi connectivity index (χ0v) is 27.5. The number of allylic oxidation sites excluding steroid dienone is 1. The van der Waals surface area contributed by atoms with Crippen LogP contribution in [0, 0.1) is 0 Å². The largest absolute Gasteiger partial charge is 0.497 e. The fourth-order valence-electron chi connectivity index (χ4n) is 5.16. The summed E-state index contributed by atoms with van der Waals surface area (Å²) in [4.78, 5) is 45.1. The third-order valence-electron chi connectivity index (χ3n) is 7.25.